The van der Waals surface area contributed by atoms with Gasteiger partial charge in [-0.25, -0.2) is 51.8 Å². The first-order valence-corrected chi connectivity index (χ1v) is 38.9. The Kier molecular flexibility index (Phi) is 23.3. The van der Waals surface area contributed by atoms with Gasteiger partial charge in [0.2, 0.25) is 59.7 Å². The summed E-state index contributed by atoms with van der Waals surface area (Å²) in [5.74, 6) is 0. The first-order chi connectivity index (χ1) is 43.2. The smallest absolute Gasteiger partial charge is 0.243 e. The lowest BCUT2D eigenvalue weighted by molar-refractivity contribution is 0.0873. The van der Waals surface area contributed by atoms with Gasteiger partial charge in [-0.3, -0.25) is 0 Å². The van der Waals surface area contributed by atoms with Crippen LogP contribution >= 0.6 is 45.8 Å². The highest BCUT2D eigenvalue weighted by molar-refractivity contribution is 8.01. The number of hydrogen-bond donors (Lipinski definition) is 2. The second kappa shape index (κ2) is 30.6. The fourth-order valence-corrected chi connectivity index (χ4v) is 22.8. The summed E-state index contributed by atoms with van der Waals surface area (Å²) in [7, 11) is -19.1. The Morgan fingerprint density at radius 1 is 0.489 bits per heavy atom. The van der Waals surface area contributed by atoms with E-state index >= 15 is 0 Å². The van der Waals surface area contributed by atoms with Crippen LogP contribution in [0.15, 0.2) is 212 Å². The standard InChI is InChI=1S/C23H22N2O5S3.C23H26N2O5S3.C16H16N2O3S3/c1-24-22-12-13-23(31-22)32(26,27)20-10-5-11-21(15-20)33(28,29)25-14-6-9-19(25)17-30-16-18-7-3-2-4-8-18;24-15-20-11-12-23(31-20)32(26,27)21-9-4-10-22(14-21)33(28,29)25-13-5-8-19(25)17-30-16-18-6-2-1-3-7-18;1-17-15-7-8-16(23-15)22-13-5-2-6-14(10-13)24(20,21)18-9-3-4-12(18)11-19/h2-5,7-8,10-13,15,19H,6,9,14,16-17H2;1-4,6-7,9-12,14,19H,5,8,13,15-17,24H2;2,5-8,10,12,19H,3-4,9,11H2/t2*19-;12-/m000/s1. The van der Waals surface area contributed by atoms with E-state index in [1.807, 2.05) is 72.8 Å². The van der Waals surface area contributed by atoms with Crippen LogP contribution < -0.4 is 5.73 Å². The third kappa shape index (κ3) is 16.4. The van der Waals surface area contributed by atoms with Crippen LogP contribution in [0.2, 0.25) is 0 Å². The molecule has 28 heteroatoms. The molecule has 8 aromatic rings. The molecule has 474 valence electrons. The van der Waals surface area contributed by atoms with Crippen LogP contribution in [-0.2, 0) is 79.0 Å². The van der Waals surface area contributed by atoms with E-state index in [9.17, 15) is 47.2 Å². The normalized spacial score (nSPS) is 17.6. The molecule has 3 saturated heterocycles. The highest BCUT2D eigenvalue weighted by Gasteiger charge is 2.39. The van der Waals surface area contributed by atoms with Gasteiger partial charge in [-0.1, -0.05) is 90.6 Å². The molecule has 90 heavy (non-hydrogen) atoms. The SMILES string of the molecule is NCc1ccc(S(=O)(=O)c2cccc(S(=O)(=O)N3CCC[C@H]3COCc3ccccc3)c2)s1.[C-]#[N+]c1ccc(S(=O)(=O)c2cccc(S(=O)(=O)N3CCC[C@H]3COCc3ccccc3)c2)s1.[C-]#[N+]c1ccc(Sc2cccc(S(=O)(=O)N3CCC[C@H]3CO)c2)s1. The number of benzene rings is 5. The number of thiophene rings is 3. The van der Waals surface area contributed by atoms with Crippen LogP contribution in [0.5, 0.6) is 0 Å². The number of nitrogens with zero attached hydrogens (tertiary/aromatic N) is 5. The molecule has 3 N–H and O–H groups in total. The van der Waals surface area contributed by atoms with Crippen molar-refractivity contribution in [1.82, 2.24) is 12.9 Å². The highest BCUT2D eigenvalue weighted by Crippen LogP contribution is 2.39. The summed E-state index contributed by atoms with van der Waals surface area (Å²) in [6, 6.07) is 45.8. The zero-order valence-corrected chi connectivity index (χ0v) is 55.7. The largest absolute Gasteiger partial charge is 0.395 e. The number of nitrogens with two attached hydrogens (primary N) is 1. The molecule has 0 amide bonds. The average molecular weight is 1390 g/mol. The third-order valence-corrected chi connectivity index (χ3v) is 29.3. The molecule has 0 aliphatic carbocycles. The van der Waals surface area contributed by atoms with Gasteiger partial charge in [-0.15, -0.1) is 34.0 Å². The summed E-state index contributed by atoms with van der Waals surface area (Å²) in [4.78, 5) is 8.17. The minimum atomic E-state index is -3.93. The van der Waals surface area contributed by atoms with E-state index in [1.165, 1.54) is 103 Å². The molecular weight excluding hydrogens is 1330 g/mol. The van der Waals surface area contributed by atoms with E-state index < -0.39 is 49.7 Å². The minimum absolute atomic E-state index is 0.0106. The molecule has 0 spiro atoms. The number of rotatable bonds is 22. The lowest BCUT2D eigenvalue weighted by Gasteiger charge is -2.24. The second-order valence-electron chi connectivity index (χ2n) is 20.8. The Labute approximate surface area is 543 Å². The van der Waals surface area contributed by atoms with Crippen molar-refractivity contribution in [2.24, 2.45) is 5.73 Å². The van der Waals surface area contributed by atoms with Crippen molar-refractivity contribution in [1.29, 1.82) is 0 Å². The predicted octanol–water partition coefficient (Wildman–Crippen LogP) is 11.5. The number of sulfonamides is 3. The summed E-state index contributed by atoms with van der Waals surface area (Å²) in [6.07, 6.45) is 4.29. The van der Waals surface area contributed by atoms with E-state index in [2.05, 4.69) is 9.69 Å². The summed E-state index contributed by atoms with van der Waals surface area (Å²) in [5.41, 5.74) is 7.63. The maximum atomic E-state index is 13.4. The van der Waals surface area contributed by atoms with Gasteiger partial charge in [0.15, 0.2) is 0 Å². The topological polar surface area (TPSA) is 254 Å². The minimum Gasteiger partial charge on any atom is -0.395 e. The zero-order chi connectivity index (χ0) is 64.1. The van der Waals surface area contributed by atoms with Crippen LogP contribution in [-0.4, -0.2) is 118 Å². The number of aliphatic hydroxyl groups is 1. The Morgan fingerprint density at radius 3 is 1.37 bits per heavy atom. The number of aliphatic hydroxyl groups excluding tert-OH is 1. The third-order valence-electron chi connectivity index (χ3n) is 14.8. The molecule has 3 aromatic heterocycles. The maximum absolute atomic E-state index is 13.4. The van der Waals surface area contributed by atoms with Gasteiger partial charge in [0.1, 0.15) is 8.42 Å². The first kappa shape index (κ1) is 68.4. The van der Waals surface area contributed by atoms with Crippen molar-refractivity contribution in [2.75, 3.05) is 39.5 Å². The molecule has 11 rings (SSSR count). The summed E-state index contributed by atoms with van der Waals surface area (Å²) >= 11 is 4.79. The van der Waals surface area contributed by atoms with Crippen molar-refractivity contribution >= 4 is 106 Å². The first-order valence-electron chi connectivity index (χ1n) is 28.3. The van der Waals surface area contributed by atoms with Crippen LogP contribution in [0.1, 0.15) is 54.5 Å². The average Bonchev–Trinajstić information content (AvgIpc) is 1.27. The molecule has 3 fully saturated rings. The van der Waals surface area contributed by atoms with Crippen molar-refractivity contribution in [3.8, 4) is 0 Å². The number of ether oxygens (including phenoxy) is 2. The van der Waals surface area contributed by atoms with E-state index in [-0.39, 0.29) is 82.4 Å². The Bertz CT molecular complexity index is 4440. The molecule has 5 aromatic carbocycles. The predicted molar refractivity (Wildman–Crippen MR) is 348 cm³/mol. The van der Waals surface area contributed by atoms with Crippen LogP contribution in [0.25, 0.3) is 9.69 Å². The Hall–Kier alpha value is -6.00. The molecule has 3 atom stereocenters. The maximum Gasteiger partial charge on any atom is 0.243 e. The van der Waals surface area contributed by atoms with Gasteiger partial charge in [-0.05, 0) is 141 Å². The molecule has 3 aliphatic rings. The molecular formula is C62H64N6O13S9. The van der Waals surface area contributed by atoms with Crippen molar-refractivity contribution in [3.05, 3.63) is 209 Å². The molecule has 6 heterocycles. The Morgan fingerprint density at radius 2 is 0.911 bits per heavy atom. The fourth-order valence-electron chi connectivity index (χ4n) is 10.3. The molecule has 19 nitrogen and oxygen atoms in total. The number of hydrogen-bond acceptors (Lipinski definition) is 18. The molecule has 0 unspecified atom stereocenters. The lowest BCUT2D eigenvalue weighted by atomic mass is 10.2. The number of sulfone groups is 2. The molecule has 3 aliphatic heterocycles. The van der Waals surface area contributed by atoms with Gasteiger partial charge < -0.3 is 20.3 Å². The highest BCUT2D eigenvalue weighted by atomic mass is 32.2. The van der Waals surface area contributed by atoms with E-state index in [4.69, 9.17) is 28.4 Å². The lowest BCUT2D eigenvalue weighted by Crippen LogP contribution is -2.38. The fraction of sp³-hybridized carbons (Fsp3) is 0.290. The van der Waals surface area contributed by atoms with Crippen LogP contribution in [0, 0.1) is 13.1 Å². The molecule has 0 radical (unpaired) electrons. The van der Waals surface area contributed by atoms with Crippen molar-refractivity contribution < 1.29 is 56.7 Å². The zero-order valence-electron chi connectivity index (χ0n) is 48.3. The van der Waals surface area contributed by atoms with E-state index in [0.29, 0.717) is 63.5 Å². The van der Waals surface area contributed by atoms with Gasteiger partial charge in [0.05, 0.1) is 74.9 Å². The van der Waals surface area contributed by atoms with Crippen LogP contribution in [0.4, 0.5) is 10.0 Å². The van der Waals surface area contributed by atoms with Crippen molar-refractivity contribution in [2.45, 2.75) is 118 Å². The van der Waals surface area contributed by atoms with Crippen molar-refractivity contribution in [3.63, 3.8) is 0 Å². The van der Waals surface area contributed by atoms with Gasteiger partial charge >= 0.3 is 0 Å². The second-order valence-corrected chi connectivity index (χ2v) is 35.5. The summed E-state index contributed by atoms with van der Waals surface area (Å²) in [5, 5.41) is 10.3. The summed E-state index contributed by atoms with van der Waals surface area (Å²) in [6.45, 7) is 16.7. The molecule has 0 bridgehead atoms. The quantitative estimate of drug-likeness (QED) is 0.0598. The Balaban J connectivity index is 0.000000162. The van der Waals surface area contributed by atoms with Crippen LogP contribution in [0.3, 0.4) is 0 Å². The van der Waals surface area contributed by atoms with Gasteiger partial charge in [-0.2, -0.15) is 12.9 Å². The van der Waals surface area contributed by atoms with E-state index in [1.54, 1.807) is 30.3 Å². The monoisotopic (exact) mass is 1390 g/mol. The molecule has 0 saturated carbocycles. The van der Waals surface area contributed by atoms with Gasteiger partial charge in [0, 0.05) is 54.1 Å². The van der Waals surface area contributed by atoms with E-state index in [0.717, 1.165) is 60.6 Å². The van der Waals surface area contributed by atoms with Gasteiger partial charge in [0.25, 0.3) is 0 Å². The summed E-state index contributed by atoms with van der Waals surface area (Å²) < 4.78 is 148.